The molecule has 1 aromatic rings. The molecule has 1 saturated carbocycles. The van der Waals surface area contributed by atoms with E-state index in [1.165, 1.54) is 12.8 Å². The van der Waals surface area contributed by atoms with Gasteiger partial charge in [0.2, 0.25) is 0 Å². The molecule has 128 valence electrons. The molecule has 0 aromatic heterocycles. The molecule has 1 fully saturated rings. The van der Waals surface area contributed by atoms with E-state index in [9.17, 15) is 4.79 Å². The maximum atomic E-state index is 11.5. The van der Waals surface area contributed by atoms with E-state index in [1.54, 1.807) is 0 Å². The summed E-state index contributed by atoms with van der Waals surface area (Å²) >= 11 is 0. The summed E-state index contributed by atoms with van der Waals surface area (Å²) in [4.78, 5) is 11.5. The lowest BCUT2D eigenvalue weighted by Crippen LogP contribution is -2.34. The average Bonchev–Trinajstić information content (AvgIpc) is 2.42. The number of carbonyl (C=O) groups excluding carboxylic acids is 1. The van der Waals surface area contributed by atoms with Gasteiger partial charge in [-0.15, -0.1) is 0 Å². The Morgan fingerprint density at radius 1 is 1.22 bits per heavy atom. The maximum absolute atomic E-state index is 11.5. The first-order chi connectivity index (χ1) is 10.8. The second-order valence-electron chi connectivity index (χ2n) is 7.22. The topological polar surface area (TPSA) is 59.6 Å². The van der Waals surface area contributed by atoms with Crippen molar-refractivity contribution in [2.24, 2.45) is 5.92 Å². The van der Waals surface area contributed by atoms with Crippen LogP contribution in [0.4, 0.5) is 10.5 Å². The minimum Gasteiger partial charge on any atom is -0.492 e. The molecule has 1 aromatic carbocycles. The van der Waals surface area contributed by atoms with Crippen LogP contribution >= 0.6 is 0 Å². The monoisotopic (exact) mass is 320 g/mol. The van der Waals surface area contributed by atoms with Crippen molar-refractivity contribution in [1.29, 1.82) is 0 Å². The van der Waals surface area contributed by atoms with Crippen molar-refractivity contribution in [2.75, 3.05) is 18.5 Å². The third kappa shape index (κ3) is 6.38. The molecule has 0 atom stereocenters. The standard InChI is InChI=1S/C18H28N2O3/c1-13-11-15(12-13)20-14-5-7-16(8-6-14)22-10-9-19-17(21)23-18(2,3)4/h5-8,13,15,20H,9-12H2,1-4H3,(H,19,21). The average molecular weight is 320 g/mol. The summed E-state index contributed by atoms with van der Waals surface area (Å²) in [5, 5.41) is 6.18. The van der Waals surface area contributed by atoms with Crippen molar-refractivity contribution in [3.05, 3.63) is 24.3 Å². The van der Waals surface area contributed by atoms with Gasteiger partial charge >= 0.3 is 6.09 Å². The summed E-state index contributed by atoms with van der Waals surface area (Å²) in [7, 11) is 0. The van der Waals surface area contributed by atoms with Crippen LogP contribution in [0.2, 0.25) is 0 Å². The number of alkyl carbamates (subject to hydrolysis) is 1. The molecule has 0 spiro atoms. The van der Waals surface area contributed by atoms with E-state index in [2.05, 4.69) is 17.6 Å². The zero-order valence-corrected chi connectivity index (χ0v) is 14.5. The van der Waals surface area contributed by atoms with Crippen LogP contribution in [0.15, 0.2) is 24.3 Å². The van der Waals surface area contributed by atoms with E-state index in [0.717, 1.165) is 17.4 Å². The second kappa shape index (κ2) is 7.57. The highest BCUT2D eigenvalue weighted by atomic mass is 16.6. The van der Waals surface area contributed by atoms with E-state index >= 15 is 0 Å². The first-order valence-corrected chi connectivity index (χ1v) is 8.28. The van der Waals surface area contributed by atoms with Gasteiger partial charge in [-0.3, -0.25) is 0 Å². The molecular formula is C18H28N2O3. The van der Waals surface area contributed by atoms with Gasteiger partial charge in [0.05, 0.1) is 6.54 Å². The fourth-order valence-corrected chi connectivity index (χ4v) is 2.54. The number of amides is 1. The number of hydrogen-bond acceptors (Lipinski definition) is 4. The Morgan fingerprint density at radius 3 is 2.43 bits per heavy atom. The predicted octanol–water partition coefficient (Wildman–Crippen LogP) is 3.80. The molecule has 23 heavy (non-hydrogen) atoms. The lowest BCUT2D eigenvalue weighted by atomic mass is 9.82. The molecule has 2 rings (SSSR count). The number of anilines is 1. The Bertz CT molecular complexity index is 502. The minimum atomic E-state index is -0.480. The molecule has 0 unspecified atom stereocenters. The van der Waals surface area contributed by atoms with Crippen molar-refractivity contribution in [1.82, 2.24) is 5.32 Å². The van der Waals surface area contributed by atoms with E-state index in [0.29, 0.717) is 19.2 Å². The molecule has 1 aliphatic rings. The van der Waals surface area contributed by atoms with Crippen LogP contribution < -0.4 is 15.4 Å². The summed E-state index contributed by atoms with van der Waals surface area (Å²) in [6, 6.07) is 8.55. The van der Waals surface area contributed by atoms with Gasteiger partial charge in [0.25, 0.3) is 0 Å². The van der Waals surface area contributed by atoms with Crippen LogP contribution in [-0.2, 0) is 4.74 Å². The van der Waals surface area contributed by atoms with Crippen LogP contribution in [0.5, 0.6) is 5.75 Å². The van der Waals surface area contributed by atoms with Crippen LogP contribution in [0, 0.1) is 5.92 Å². The molecule has 0 radical (unpaired) electrons. The molecule has 5 nitrogen and oxygen atoms in total. The second-order valence-corrected chi connectivity index (χ2v) is 7.22. The molecule has 1 amide bonds. The Morgan fingerprint density at radius 2 is 1.87 bits per heavy atom. The van der Waals surface area contributed by atoms with Crippen LogP contribution in [-0.4, -0.2) is 30.9 Å². The number of rotatable bonds is 6. The summed E-state index contributed by atoms with van der Waals surface area (Å²) in [6.45, 7) is 8.61. The Hall–Kier alpha value is -1.91. The lowest BCUT2D eigenvalue weighted by Gasteiger charge is -2.34. The van der Waals surface area contributed by atoms with Gasteiger partial charge in [0.15, 0.2) is 0 Å². The Balaban J connectivity index is 1.63. The van der Waals surface area contributed by atoms with E-state index in [-0.39, 0.29) is 0 Å². The fraction of sp³-hybridized carbons (Fsp3) is 0.611. The number of carbonyl (C=O) groups is 1. The third-order valence-corrected chi connectivity index (χ3v) is 3.64. The molecule has 0 aliphatic heterocycles. The molecule has 0 bridgehead atoms. The lowest BCUT2D eigenvalue weighted by molar-refractivity contribution is 0.0520. The molecular weight excluding hydrogens is 292 g/mol. The Labute approximate surface area is 138 Å². The minimum absolute atomic E-state index is 0.409. The number of hydrogen-bond donors (Lipinski definition) is 2. The zero-order chi connectivity index (χ0) is 16.9. The highest BCUT2D eigenvalue weighted by molar-refractivity contribution is 5.67. The van der Waals surface area contributed by atoms with Crippen molar-refractivity contribution >= 4 is 11.8 Å². The first kappa shape index (κ1) is 17.4. The summed E-state index contributed by atoms with van der Waals surface area (Å²) in [5.41, 5.74) is 0.646. The third-order valence-electron chi connectivity index (χ3n) is 3.64. The summed E-state index contributed by atoms with van der Waals surface area (Å²) < 4.78 is 10.8. The fourth-order valence-electron chi connectivity index (χ4n) is 2.54. The van der Waals surface area contributed by atoms with Crippen molar-refractivity contribution < 1.29 is 14.3 Å². The van der Waals surface area contributed by atoms with Crippen molar-refractivity contribution in [2.45, 2.75) is 52.2 Å². The molecule has 0 heterocycles. The van der Waals surface area contributed by atoms with Gasteiger partial charge in [-0.2, -0.15) is 0 Å². The maximum Gasteiger partial charge on any atom is 0.407 e. The largest absolute Gasteiger partial charge is 0.492 e. The SMILES string of the molecule is CC1CC(Nc2ccc(OCCNC(=O)OC(C)(C)C)cc2)C1. The highest BCUT2D eigenvalue weighted by Crippen LogP contribution is 2.29. The molecule has 2 N–H and O–H groups in total. The van der Waals surface area contributed by atoms with E-state index in [1.807, 2.05) is 45.0 Å². The smallest absolute Gasteiger partial charge is 0.407 e. The van der Waals surface area contributed by atoms with E-state index in [4.69, 9.17) is 9.47 Å². The van der Waals surface area contributed by atoms with Crippen LogP contribution in [0.1, 0.15) is 40.5 Å². The molecule has 0 saturated heterocycles. The van der Waals surface area contributed by atoms with Gasteiger partial charge in [-0.25, -0.2) is 4.79 Å². The quantitative estimate of drug-likeness (QED) is 0.783. The van der Waals surface area contributed by atoms with Gasteiger partial charge in [-0.05, 0) is 63.8 Å². The van der Waals surface area contributed by atoms with Crippen LogP contribution in [0.25, 0.3) is 0 Å². The van der Waals surface area contributed by atoms with Crippen LogP contribution in [0.3, 0.4) is 0 Å². The normalized spacial score (nSPS) is 20.3. The summed E-state index contributed by atoms with van der Waals surface area (Å²) in [6.07, 6.45) is 2.07. The zero-order valence-electron chi connectivity index (χ0n) is 14.5. The predicted molar refractivity (Wildman–Crippen MR) is 92.0 cm³/mol. The Kier molecular flexibility index (Phi) is 5.74. The number of ether oxygens (including phenoxy) is 2. The van der Waals surface area contributed by atoms with E-state index < -0.39 is 11.7 Å². The van der Waals surface area contributed by atoms with Gasteiger partial charge in [-0.1, -0.05) is 6.92 Å². The van der Waals surface area contributed by atoms with Gasteiger partial charge in [0.1, 0.15) is 18.0 Å². The van der Waals surface area contributed by atoms with Crippen molar-refractivity contribution in [3.8, 4) is 5.75 Å². The molecule has 1 aliphatic carbocycles. The summed E-state index contributed by atoms with van der Waals surface area (Å²) in [5.74, 6) is 1.64. The van der Waals surface area contributed by atoms with Gasteiger partial charge in [0, 0.05) is 11.7 Å². The first-order valence-electron chi connectivity index (χ1n) is 8.28. The highest BCUT2D eigenvalue weighted by Gasteiger charge is 2.24. The van der Waals surface area contributed by atoms with Gasteiger partial charge < -0.3 is 20.1 Å². The molecule has 5 heteroatoms. The van der Waals surface area contributed by atoms with Crippen molar-refractivity contribution in [3.63, 3.8) is 0 Å². The number of nitrogens with one attached hydrogen (secondary N) is 2. The number of benzene rings is 1.